The lowest BCUT2D eigenvalue weighted by Gasteiger charge is -2.32. The Morgan fingerprint density at radius 1 is 1.28 bits per heavy atom. The second kappa shape index (κ2) is 9.73. The zero-order valence-corrected chi connectivity index (χ0v) is 17.6. The van der Waals surface area contributed by atoms with Crippen LogP contribution in [0, 0.1) is 0 Å². The summed E-state index contributed by atoms with van der Waals surface area (Å²) in [6.45, 7) is 3.06. The zero-order chi connectivity index (χ0) is 20.8. The summed E-state index contributed by atoms with van der Waals surface area (Å²) < 4.78 is 1.45. The molecule has 1 aliphatic rings. The van der Waals surface area contributed by atoms with Crippen LogP contribution in [0.25, 0.3) is 0 Å². The van der Waals surface area contributed by atoms with Crippen LogP contribution in [0.15, 0.2) is 39.9 Å². The van der Waals surface area contributed by atoms with Crippen molar-refractivity contribution in [1.82, 2.24) is 14.9 Å². The van der Waals surface area contributed by atoms with E-state index in [1.807, 2.05) is 42.2 Å². The SMILES string of the molecule is CCCCn1c(N)c(N(C(=S)NCc2ccccc2)C2CCCC2)c(=O)[nH]c1=O. The molecule has 0 amide bonds. The molecule has 1 fully saturated rings. The average molecular weight is 416 g/mol. The number of thiocarbonyl (C=S) groups is 1. The number of nitrogens with zero attached hydrogens (tertiary/aromatic N) is 2. The van der Waals surface area contributed by atoms with E-state index in [0.717, 1.165) is 44.1 Å². The molecule has 0 saturated heterocycles. The molecule has 0 spiro atoms. The first-order valence-electron chi connectivity index (χ1n) is 10.3. The molecule has 3 rings (SSSR count). The Balaban J connectivity index is 1.95. The fourth-order valence-electron chi connectivity index (χ4n) is 3.82. The quantitative estimate of drug-likeness (QED) is 0.602. The monoisotopic (exact) mass is 415 g/mol. The van der Waals surface area contributed by atoms with Gasteiger partial charge in [-0.3, -0.25) is 14.3 Å². The van der Waals surface area contributed by atoms with Gasteiger partial charge in [0.1, 0.15) is 5.82 Å². The molecular formula is C21H29N5O2S. The molecule has 2 aromatic rings. The zero-order valence-electron chi connectivity index (χ0n) is 16.8. The number of unbranched alkanes of at least 4 members (excludes halogenated alkanes) is 1. The largest absolute Gasteiger partial charge is 0.383 e. The second-order valence-corrected chi connectivity index (χ2v) is 7.84. The van der Waals surface area contributed by atoms with Gasteiger partial charge in [0.2, 0.25) is 0 Å². The number of nitrogen functional groups attached to an aromatic ring is 1. The predicted molar refractivity (Wildman–Crippen MR) is 121 cm³/mol. The minimum absolute atomic E-state index is 0.0892. The molecule has 1 aliphatic carbocycles. The van der Waals surface area contributed by atoms with Crippen molar-refractivity contribution in [3.05, 3.63) is 56.7 Å². The highest BCUT2D eigenvalue weighted by Crippen LogP contribution is 2.29. The molecule has 1 saturated carbocycles. The molecule has 0 unspecified atom stereocenters. The number of aromatic nitrogens is 2. The smallest absolute Gasteiger partial charge is 0.330 e. The summed E-state index contributed by atoms with van der Waals surface area (Å²) >= 11 is 5.70. The Morgan fingerprint density at radius 3 is 2.62 bits per heavy atom. The number of anilines is 2. The van der Waals surface area contributed by atoms with Crippen LogP contribution in [0.2, 0.25) is 0 Å². The topological polar surface area (TPSA) is 96.2 Å². The lowest BCUT2D eigenvalue weighted by molar-refractivity contribution is 0.600. The molecule has 1 heterocycles. The van der Waals surface area contributed by atoms with Crippen LogP contribution in [0.1, 0.15) is 51.0 Å². The van der Waals surface area contributed by atoms with Crippen molar-refractivity contribution in [3.8, 4) is 0 Å². The predicted octanol–water partition coefficient (Wildman–Crippen LogP) is 2.74. The molecule has 0 radical (unpaired) electrons. The lowest BCUT2D eigenvalue weighted by atomic mass is 10.2. The summed E-state index contributed by atoms with van der Waals surface area (Å²) in [6, 6.07) is 10.0. The van der Waals surface area contributed by atoms with E-state index in [1.165, 1.54) is 4.57 Å². The van der Waals surface area contributed by atoms with Gasteiger partial charge in [0, 0.05) is 19.1 Å². The molecule has 0 aliphatic heterocycles. The van der Waals surface area contributed by atoms with Crippen LogP contribution in [0.5, 0.6) is 0 Å². The first-order valence-corrected chi connectivity index (χ1v) is 10.7. The Kier molecular flexibility index (Phi) is 7.09. The van der Waals surface area contributed by atoms with Crippen molar-refractivity contribution in [2.24, 2.45) is 0 Å². The van der Waals surface area contributed by atoms with Gasteiger partial charge < -0.3 is 16.0 Å². The summed E-state index contributed by atoms with van der Waals surface area (Å²) in [6.07, 6.45) is 5.74. The second-order valence-electron chi connectivity index (χ2n) is 7.45. The standard InChI is InChI=1S/C21H29N5O2S/c1-2-3-13-25-18(22)17(19(27)24-20(25)28)26(16-11-7-8-12-16)21(29)23-14-15-9-5-4-6-10-15/h4-6,9-10,16H,2-3,7-8,11-14,22H2,1H3,(H,23,29)(H,24,27,28). The van der Waals surface area contributed by atoms with Crippen LogP contribution in [0.4, 0.5) is 11.5 Å². The van der Waals surface area contributed by atoms with Crippen molar-refractivity contribution < 1.29 is 0 Å². The van der Waals surface area contributed by atoms with E-state index in [1.54, 1.807) is 0 Å². The Bertz CT molecular complexity index is 948. The Hall–Kier alpha value is -2.61. The van der Waals surface area contributed by atoms with Gasteiger partial charge in [0.05, 0.1) is 0 Å². The first kappa shape index (κ1) is 21.1. The number of aromatic amines is 1. The first-order chi connectivity index (χ1) is 14.0. The van der Waals surface area contributed by atoms with Crippen LogP contribution in [-0.2, 0) is 13.1 Å². The fourth-order valence-corrected chi connectivity index (χ4v) is 4.13. The van der Waals surface area contributed by atoms with Crippen molar-refractivity contribution >= 4 is 28.8 Å². The van der Waals surface area contributed by atoms with Gasteiger partial charge in [-0.2, -0.15) is 0 Å². The van der Waals surface area contributed by atoms with Crippen molar-refractivity contribution in [2.75, 3.05) is 10.6 Å². The molecule has 29 heavy (non-hydrogen) atoms. The highest BCUT2D eigenvalue weighted by atomic mass is 32.1. The van der Waals surface area contributed by atoms with E-state index in [4.69, 9.17) is 18.0 Å². The molecule has 0 atom stereocenters. The number of hydrogen-bond donors (Lipinski definition) is 3. The van der Waals surface area contributed by atoms with E-state index in [-0.39, 0.29) is 17.5 Å². The van der Waals surface area contributed by atoms with Crippen LogP contribution >= 0.6 is 12.2 Å². The van der Waals surface area contributed by atoms with Crippen LogP contribution in [-0.4, -0.2) is 20.7 Å². The Morgan fingerprint density at radius 2 is 1.97 bits per heavy atom. The number of benzene rings is 1. The molecule has 1 aromatic heterocycles. The molecular weight excluding hydrogens is 386 g/mol. The third-order valence-corrected chi connectivity index (χ3v) is 5.73. The summed E-state index contributed by atoms with van der Waals surface area (Å²) in [4.78, 5) is 29.4. The normalized spacial score (nSPS) is 14.1. The minimum Gasteiger partial charge on any atom is -0.383 e. The Labute approximate surface area is 175 Å². The average Bonchev–Trinajstić information content (AvgIpc) is 3.24. The van der Waals surface area contributed by atoms with Crippen LogP contribution < -0.4 is 27.2 Å². The molecule has 4 N–H and O–H groups in total. The molecule has 156 valence electrons. The van der Waals surface area contributed by atoms with E-state index in [2.05, 4.69) is 10.3 Å². The van der Waals surface area contributed by atoms with E-state index in [0.29, 0.717) is 18.2 Å². The minimum atomic E-state index is -0.490. The number of rotatable bonds is 7. The molecule has 1 aromatic carbocycles. The fraction of sp³-hybridized carbons (Fsp3) is 0.476. The summed E-state index contributed by atoms with van der Waals surface area (Å²) in [5, 5.41) is 3.72. The third-order valence-electron chi connectivity index (χ3n) is 5.39. The lowest BCUT2D eigenvalue weighted by Crippen LogP contribution is -2.49. The number of nitrogens with two attached hydrogens (primary N) is 1. The van der Waals surface area contributed by atoms with Gasteiger partial charge in [0.25, 0.3) is 5.56 Å². The van der Waals surface area contributed by atoms with Gasteiger partial charge in [-0.1, -0.05) is 56.5 Å². The van der Waals surface area contributed by atoms with E-state index >= 15 is 0 Å². The highest BCUT2D eigenvalue weighted by Gasteiger charge is 2.30. The number of H-pyrrole nitrogens is 1. The van der Waals surface area contributed by atoms with Gasteiger partial charge in [-0.05, 0) is 37.0 Å². The van der Waals surface area contributed by atoms with Gasteiger partial charge in [0.15, 0.2) is 10.8 Å². The van der Waals surface area contributed by atoms with Crippen LogP contribution in [0.3, 0.4) is 0 Å². The molecule has 8 heteroatoms. The summed E-state index contributed by atoms with van der Waals surface area (Å²) in [7, 11) is 0. The van der Waals surface area contributed by atoms with Crippen molar-refractivity contribution in [3.63, 3.8) is 0 Å². The van der Waals surface area contributed by atoms with E-state index < -0.39 is 11.2 Å². The molecule has 7 nitrogen and oxygen atoms in total. The van der Waals surface area contributed by atoms with Crippen molar-refractivity contribution in [2.45, 2.75) is 64.6 Å². The third kappa shape index (κ3) is 4.87. The maximum Gasteiger partial charge on any atom is 0.330 e. The highest BCUT2D eigenvalue weighted by molar-refractivity contribution is 7.80. The van der Waals surface area contributed by atoms with Gasteiger partial charge in [-0.15, -0.1) is 0 Å². The summed E-state index contributed by atoms with van der Waals surface area (Å²) in [5.41, 5.74) is 6.76. The van der Waals surface area contributed by atoms with Gasteiger partial charge >= 0.3 is 5.69 Å². The van der Waals surface area contributed by atoms with Crippen molar-refractivity contribution in [1.29, 1.82) is 0 Å². The number of nitrogens with one attached hydrogen (secondary N) is 2. The van der Waals surface area contributed by atoms with Gasteiger partial charge in [-0.25, -0.2) is 4.79 Å². The van der Waals surface area contributed by atoms with E-state index in [9.17, 15) is 9.59 Å². The molecule has 0 bridgehead atoms. The maximum absolute atomic E-state index is 12.8. The summed E-state index contributed by atoms with van der Waals surface area (Å²) in [5.74, 6) is 0.183. The maximum atomic E-state index is 12.8. The number of hydrogen-bond acceptors (Lipinski definition) is 4.